The number of nitrogens with one attached hydrogen (secondary N) is 1. The van der Waals surface area contributed by atoms with E-state index in [4.69, 9.17) is 11.6 Å². The minimum atomic E-state index is 0.770. The third-order valence-electron chi connectivity index (χ3n) is 2.69. The Bertz CT molecular complexity index is 505. The van der Waals surface area contributed by atoms with E-state index in [0.29, 0.717) is 0 Å². The molecule has 0 saturated carbocycles. The van der Waals surface area contributed by atoms with E-state index in [-0.39, 0.29) is 0 Å². The maximum atomic E-state index is 6.10. The number of hydrogen-bond acceptors (Lipinski definition) is 2. The Morgan fingerprint density at radius 3 is 2.94 bits per heavy atom. The van der Waals surface area contributed by atoms with E-state index in [1.807, 2.05) is 42.1 Å². The van der Waals surface area contributed by atoms with Gasteiger partial charge in [-0.1, -0.05) is 24.6 Å². The molecule has 90 valence electrons. The Morgan fingerprint density at radius 1 is 1.35 bits per heavy atom. The molecule has 2 aromatic rings. The fraction of sp³-hybridized carbons (Fsp3) is 0.308. The second-order valence-electron chi connectivity index (χ2n) is 3.92. The van der Waals surface area contributed by atoms with Crippen LogP contribution in [0.15, 0.2) is 30.5 Å². The summed E-state index contributed by atoms with van der Waals surface area (Å²) in [4.78, 5) is 0. The van der Waals surface area contributed by atoms with E-state index >= 15 is 0 Å². The molecule has 3 nitrogen and oxygen atoms in total. The second-order valence-corrected chi connectivity index (χ2v) is 4.32. The highest BCUT2D eigenvalue weighted by atomic mass is 35.5. The fourth-order valence-corrected chi connectivity index (χ4v) is 1.86. The third kappa shape index (κ3) is 2.68. The first-order valence-corrected chi connectivity index (χ1v) is 6.11. The van der Waals surface area contributed by atoms with Crippen molar-refractivity contribution in [2.24, 2.45) is 0 Å². The van der Waals surface area contributed by atoms with Crippen molar-refractivity contribution < 1.29 is 0 Å². The Hall–Kier alpha value is -1.32. The number of nitrogens with zero attached hydrogens (tertiary/aromatic N) is 2. The average Bonchev–Trinajstić information content (AvgIpc) is 2.78. The van der Waals surface area contributed by atoms with Gasteiger partial charge in [-0.3, -0.25) is 0 Å². The summed E-state index contributed by atoms with van der Waals surface area (Å²) < 4.78 is 1.87. The van der Waals surface area contributed by atoms with Crippen molar-refractivity contribution in [1.82, 2.24) is 15.1 Å². The average molecular weight is 250 g/mol. The first kappa shape index (κ1) is 12.1. The van der Waals surface area contributed by atoms with Crippen LogP contribution in [0.25, 0.3) is 5.69 Å². The summed E-state index contributed by atoms with van der Waals surface area (Å²) in [7, 11) is 0. The summed E-state index contributed by atoms with van der Waals surface area (Å²) in [5.74, 6) is 0. The van der Waals surface area contributed by atoms with E-state index in [2.05, 4.69) is 17.3 Å². The Kier molecular flexibility index (Phi) is 3.82. The molecule has 0 aliphatic carbocycles. The summed E-state index contributed by atoms with van der Waals surface area (Å²) >= 11 is 6.10. The minimum Gasteiger partial charge on any atom is -0.311 e. The number of aromatic nitrogens is 2. The second kappa shape index (κ2) is 5.34. The van der Waals surface area contributed by atoms with Crippen molar-refractivity contribution in [2.45, 2.75) is 20.4 Å². The lowest BCUT2D eigenvalue weighted by atomic mass is 10.2. The molecule has 1 aromatic carbocycles. The largest absolute Gasteiger partial charge is 0.311 e. The van der Waals surface area contributed by atoms with Crippen LogP contribution in [0.4, 0.5) is 0 Å². The third-order valence-corrected chi connectivity index (χ3v) is 3.10. The lowest BCUT2D eigenvalue weighted by molar-refractivity contribution is 0.696. The van der Waals surface area contributed by atoms with Gasteiger partial charge in [0.05, 0.1) is 11.4 Å². The zero-order chi connectivity index (χ0) is 12.3. The predicted octanol–water partition coefficient (Wildman–Crippen LogP) is 2.94. The van der Waals surface area contributed by atoms with Crippen molar-refractivity contribution in [3.8, 4) is 5.69 Å². The fourth-order valence-electron chi connectivity index (χ4n) is 1.69. The monoisotopic (exact) mass is 249 g/mol. The SMILES string of the molecule is CCNCc1ccn(-c2cccc(Cl)c2C)n1. The highest BCUT2D eigenvalue weighted by Gasteiger charge is 2.05. The van der Waals surface area contributed by atoms with Crippen LogP contribution in [0, 0.1) is 6.92 Å². The van der Waals surface area contributed by atoms with E-state index in [1.165, 1.54) is 0 Å². The molecule has 17 heavy (non-hydrogen) atoms. The summed E-state index contributed by atoms with van der Waals surface area (Å²) in [5.41, 5.74) is 3.11. The Labute approximate surface area is 106 Å². The molecule has 4 heteroatoms. The van der Waals surface area contributed by atoms with Gasteiger partial charge >= 0.3 is 0 Å². The van der Waals surface area contributed by atoms with Crippen LogP contribution in [-0.2, 0) is 6.54 Å². The van der Waals surface area contributed by atoms with Crippen LogP contribution in [0.1, 0.15) is 18.2 Å². The molecular weight excluding hydrogens is 234 g/mol. The molecule has 2 rings (SSSR count). The standard InChI is InChI=1S/C13H16ClN3/c1-3-15-9-11-7-8-17(16-11)13-6-4-5-12(14)10(13)2/h4-8,15H,3,9H2,1-2H3. The molecular formula is C13H16ClN3. The lowest BCUT2D eigenvalue weighted by Gasteiger charge is -2.07. The molecule has 1 heterocycles. The van der Waals surface area contributed by atoms with E-state index in [0.717, 1.165) is 35.1 Å². The molecule has 1 N–H and O–H groups in total. The maximum absolute atomic E-state index is 6.10. The summed E-state index contributed by atoms with van der Waals surface area (Å²) in [6.07, 6.45) is 1.96. The highest BCUT2D eigenvalue weighted by Crippen LogP contribution is 2.21. The van der Waals surface area contributed by atoms with Crippen LogP contribution >= 0.6 is 11.6 Å². The van der Waals surface area contributed by atoms with Crippen LogP contribution in [-0.4, -0.2) is 16.3 Å². The summed E-state index contributed by atoms with van der Waals surface area (Å²) in [6, 6.07) is 7.87. The first-order valence-electron chi connectivity index (χ1n) is 5.73. The molecule has 0 radical (unpaired) electrons. The number of benzene rings is 1. The molecule has 0 bridgehead atoms. The topological polar surface area (TPSA) is 29.9 Å². The smallest absolute Gasteiger partial charge is 0.0766 e. The lowest BCUT2D eigenvalue weighted by Crippen LogP contribution is -2.12. The van der Waals surface area contributed by atoms with E-state index in [1.54, 1.807) is 0 Å². The zero-order valence-corrected chi connectivity index (χ0v) is 10.8. The minimum absolute atomic E-state index is 0.770. The molecule has 0 unspecified atom stereocenters. The Balaban J connectivity index is 2.27. The van der Waals surface area contributed by atoms with Crippen LogP contribution < -0.4 is 5.32 Å². The first-order chi connectivity index (χ1) is 8.22. The van der Waals surface area contributed by atoms with Gasteiger partial charge in [-0.25, -0.2) is 4.68 Å². The van der Waals surface area contributed by atoms with Gasteiger partial charge in [0.25, 0.3) is 0 Å². The predicted molar refractivity (Wildman–Crippen MR) is 70.7 cm³/mol. The molecule has 0 aliphatic rings. The van der Waals surface area contributed by atoms with Gasteiger partial charge in [0.15, 0.2) is 0 Å². The molecule has 0 amide bonds. The van der Waals surface area contributed by atoms with Gasteiger partial charge in [0.2, 0.25) is 0 Å². The van der Waals surface area contributed by atoms with Gasteiger partial charge in [-0.05, 0) is 37.2 Å². The van der Waals surface area contributed by atoms with Crippen molar-refractivity contribution in [1.29, 1.82) is 0 Å². The van der Waals surface area contributed by atoms with Crippen LogP contribution in [0.2, 0.25) is 5.02 Å². The van der Waals surface area contributed by atoms with E-state index < -0.39 is 0 Å². The number of rotatable bonds is 4. The van der Waals surface area contributed by atoms with Gasteiger partial charge in [0.1, 0.15) is 0 Å². The quantitative estimate of drug-likeness (QED) is 0.903. The maximum Gasteiger partial charge on any atom is 0.0766 e. The van der Waals surface area contributed by atoms with Gasteiger partial charge in [-0.15, -0.1) is 0 Å². The van der Waals surface area contributed by atoms with Gasteiger partial charge in [-0.2, -0.15) is 5.10 Å². The number of hydrogen-bond donors (Lipinski definition) is 1. The molecule has 0 atom stereocenters. The normalized spacial score (nSPS) is 10.8. The van der Waals surface area contributed by atoms with E-state index in [9.17, 15) is 0 Å². The molecule has 0 saturated heterocycles. The summed E-state index contributed by atoms with van der Waals surface area (Å²) in [5, 5.41) is 8.54. The zero-order valence-electron chi connectivity index (χ0n) is 10.1. The molecule has 0 aliphatic heterocycles. The van der Waals surface area contributed by atoms with Crippen LogP contribution in [0.3, 0.4) is 0 Å². The van der Waals surface area contributed by atoms with Crippen LogP contribution in [0.5, 0.6) is 0 Å². The van der Waals surface area contributed by atoms with Crippen molar-refractivity contribution >= 4 is 11.6 Å². The van der Waals surface area contributed by atoms with Gasteiger partial charge < -0.3 is 5.32 Å². The van der Waals surface area contributed by atoms with Gasteiger partial charge in [0, 0.05) is 17.8 Å². The molecule has 0 spiro atoms. The van der Waals surface area contributed by atoms with Crippen molar-refractivity contribution in [3.05, 3.63) is 46.7 Å². The van der Waals surface area contributed by atoms with Crippen molar-refractivity contribution in [2.75, 3.05) is 6.54 Å². The van der Waals surface area contributed by atoms with Crippen molar-refractivity contribution in [3.63, 3.8) is 0 Å². The Morgan fingerprint density at radius 2 is 2.18 bits per heavy atom. The molecule has 0 fully saturated rings. The number of halogens is 1. The molecule has 1 aromatic heterocycles. The highest BCUT2D eigenvalue weighted by molar-refractivity contribution is 6.31. The summed E-state index contributed by atoms with van der Waals surface area (Å²) in [6.45, 7) is 5.83.